The molecule has 0 aliphatic carbocycles. The second-order valence-corrected chi connectivity index (χ2v) is 4.81. The monoisotopic (exact) mass is 245 g/mol. The van der Waals surface area contributed by atoms with Gasteiger partial charge in [0.25, 0.3) is 0 Å². The summed E-state index contributed by atoms with van der Waals surface area (Å²) >= 11 is 0. The van der Waals surface area contributed by atoms with Crippen molar-refractivity contribution in [1.29, 1.82) is 0 Å². The zero-order valence-corrected chi connectivity index (χ0v) is 11.1. The van der Waals surface area contributed by atoms with E-state index in [4.69, 9.17) is 5.73 Å². The molecule has 0 rings (SSSR count). The van der Waals surface area contributed by atoms with E-state index >= 15 is 0 Å². The number of nitrogens with zero attached hydrogens (tertiary/aromatic N) is 1. The first-order chi connectivity index (χ1) is 8.05. The normalized spacial score (nSPS) is 13.6. The van der Waals surface area contributed by atoms with Gasteiger partial charge in [0.1, 0.15) is 13.1 Å². The zero-order chi connectivity index (χ0) is 13.1. The second-order valence-electron chi connectivity index (χ2n) is 4.81. The van der Waals surface area contributed by atoms with Crippen LogP contribution in [0.3, 0.4) is 0 Å². The van der Waals surface area contributed by atoms with E-state index in [9.17, 15) is 10.4 Å². The summed E-state index contributed by atoms with van der Waals surface area (Å²) in [4.78, 5) is -0.901. The van der Waals surface area contributed by atoms with Gasteiger partial charge in [0.2, 0.25) is 0 Å². The Hall–Kier alpha value is -0.420. The fraction of sp³-hybridized carbons (Fsp3) is 0.846. The molecule has 102 valence electrons. The Balaban J connectivity index is 4.06. The van der Waals surface area contributed by atoms with Crippen molar-refractivity contribution in [1.82, 2.24) is 0 Å². The summed E-state index contributed by atoms with van der Waals surface area (Å²) in [6.45, 7) is 7.06. The van der Waals surface area contributed by atoms with Crippen LogP contribution < -0.4 is 5.73 Å². The molecule has 0 saturated heterocycles. The minimum absolute atomic E-state index is 0.298. The minimum atomic E-state index is -0.901. The van der Waals surface area contributed by atoms with Gasteiger partial charge >= 0.3 is 0 Å². The average Bonchev–Trinajstić information content (AvgIpc) is 2.26. The standard InChI is InChI=1S/C13H29N2O2/c1-3-5-6-9-13(8-4-2)12-15(16,17)11-7-10-14/h4,13,16-17H,2-3,5-12,14H2,1H3/q+1. The predicted molar refractivity (Wildman–Crippen MR) is 69.7 cm³/mol. The van der Waals surface area contributed by atoms with E-state index in [1.54, 1.807) is 0 Å². The molecule has 17 heavy (non-hydrogen) atoms. The van der Waals surface area contributed by atoms with Gasteiger partial charge in [-0.1, -0.05) is 32.3 Å². The van der Waals surface area contributed by atoms with Crippen molar-refractivity contribution in [2.24, 2.45) is 11.7 Å². The molecule has 0 aromatic rings. The van der Waals surface area contributed by atoms with Gasteiger partial charge in [0, 0.05) is 12.3 Å². The van der Waals surface area contributed by atoms with Crippen LogP contribution in [0.15, 0.2) is 12.7 Å². The zero-order valence-electron chi connectivity index (χ0n) is 11.1. The van der Waals surface area contributed by atoms with Crippen LogP contribution in [-0.2, 0) is 0 Å². The molecule has 0 spiro atoms. The van der Waals surface area contributed by atoms with E-state index < -0.39 is 4.81 Å². The molecular formula is C13H29N2O2+. The number of quaternary nitrogens is 1. The number of nitrogens with two attached hydrogens (primary N) is 1. The van der Waals surface area contributed by atoms with Crippen LogP contribution in [0.5, 0.6) is 0 Å². The summed E-state index contributed by atoms with van der Waals surface area (Å²) in [6.07, 6.45) is 7.89. The van der Waals surface area contributed by atoms with Gasteiger partial charge in [0.05, 0.1) is 0 Å². The second kappa shape index (κ2) is 9.59. The van der Waals surface area contributed by atoms with Crippen molar-refractivity contribution in [3.8, 4) is 0 Å². The lowest BCUT2D eigenvalue weighted by molar-refractivity contribution is -1.25. The SMILES string of the molecule is C=CCC(CCCCC)C[N+](O)(O)CCCN. The summed E-state index contributed by atoms with van der Waals surface area (Å²) in [5, 5.41) is 19.6. The molecule has 4 N–H and O–H groups in total. The van der Waals surface area contributed by atoms with Gasteiger partial charge in [0.15, 0.2) is 0 Å². The summed E-state index contributed by atoms with van der Waals surface area (Å²) in [5.74, 6) is 0.298. The van der Waals surface area contributed by atoms with Crippen LogP contribution in [0.25, 0.3) is 0 Å². The molecule has 0 aliphatic heterocycles. The highest BCUT2D eigenvalue weighted by atomic mass is 16.8. The van der Waals surface area contributed by atoms with E-state index in [1.165, 1.54) is 12.8 Å². The van der Waals surface area contributed by atoms with Crippen molar-refractivity contribution >= 4 is 0 Å². The summed E-state index contributed by atoms with van der Waals surface area (Å²) in [7, 11) is 0. The first kappa shape index (κ1) is 16.6. The molecule has 0 bridgehead atoms. The third-order valence-corrected chi connectivity index (χ3v) is 2.99. The molecule has 0 amide bonds. The third kappa shape index (κ3) is 9.30. The number of unbranched alkanes of at least 4 members (excludes halogenated alkanes) is 2. The van der Waals surface area contributed by atoms with E-state index in [0.29, 0.717) is 32.0 Å². The molecule has 0 radical (unpaired) electrons. The molecule has 1 atom stereocenters. The highest BCUT2D eigenvalue weighted by molar-refractivity contribution is 4.72. The molecule has 0 aromatic carbocycles. The van der Waals surface area contributed by atoms with E-state index in [1.807, 2.05) is 6.08 Å². The Kier molecular flexibility index (Phi) is 9.36. The van der Waals surface area contributed by atoms with Gasteiger partial charge in [-0.3, -0.25) is 0 Å². The van der Waals surface area contributed by atoms with Gasteiger partial charge < -0.3 is 5.73 Å². The number of allylic oxidation sites excluding steroid dienone is 1. The van der Waals surface area contributed by atoms with Crippen LogP contribution in [0.2, 0.25) is 0 Å². The Morgan fingerprint density at radius 3 is 2.53 bits per heavy atom. The summed E-state index contributed by atoms with van der Waals surface area (Å²) in [6, 6.07) is 0. The highest BCUT2D eigenvalue weighted by Gasteiger charge is 2.26. The van der Waals surface area contributed by atoms with Crippen LogP contribution >= 0.6 is 0 Å². The molecule has 0 fully saturated rings. The Bertz CT molecular complexity index is 196. The number of hydroxylamine groups is 4. The minimum Gasteiger partial charge on any atom is -0.330 e. The maximum atomic E-state index is 9.80. The van der Waals surface area contributed by atoms with Gasteiger partial charge in [-0.2, -0.15) is 10.4 Å². The molecule has 4 nitrogen and oxygen atoms in total. The predicted octanol–water partition coefficient (Wildman–Crippen LogP) is 2.70. The Morgan fingerprint density at radius 2 is 2.00 bits per heavy atom. The number of hydrogen-bond acceptors (Lipinski definition) is 3. The lowest BCUT2D eigenvalue weighted by atomic mass is 9.97. The molecule has 0 aliphatic rings. The Morgan fingerprint density at radius 1 is 1.29 bits per heavy atom. The molecule has 4 heteroatoms. The largest absolute Gasteiger partial charge is 0.330 e. The van der Waals surface area contributed by atoms with Crippen LogP contribution in [0.1, 0.15) is 45.4 Å². The molecule has 0 heterocycles. The Labute approximate surface area is 105 Å². The quantitative estimate of drug-likeness (QED) is 0.227. The first-order valence-electron chi connectivity index (χ1n) is 6.69. The maximum absolute atomic E-state index is 9.80. The van der Waals surface area contributed by atoms with Crippen molar-refractivity contribution in [3.63, 3.8) is 0 Å². The lowest BCUT2D eigenvalue weighted by Crippen LogP contribution is -2.46. The number of hydrogen-bond donors (Lipinski definition) is 3. The van der Waals surface area contributed by atoms with Gasteiger partial charge in [-0.15, -0.1) is 6.58 Å². The van der Waals surface area contributed by atoms with Crippen molar-refractivity contribution in [2.75, 3.05) is 19.6 Å². The van der Waals surface area contributed by atoms with Crippen molar-refractivity contribution < 1.29 is 15.2 Å². The highest BCUT2D eigenvalue weighted by Crippen LogP contribution is 2.18. The topological polar surface area (TPSA) is 66.5 Å². The molecule has 1 unspecified atom stereocenters. The third-order valence-electron chi connectivity index (χ3n) is 2.99. The summed E-state index contributed by atoms with van der Waals surface area (Å²) in [5.41, 5.74) is 5.38. The summed E-state index contributed by atoms with van der Waals surface area (Å²) < 4.78 is 0. The van der Waals surface area contributed by atoms with Crippen LogP contribution in [0.4, 0.5) is 0 Å². The molecule has 0 aromatic heterocycles. The van der Waals surface area contributed by atoms with Gasteiger partial charge in [-0.05, 0) is 24.2 Å². The van der Waals surface area contributed by atoms with Crippen LogP contribution in [-0.4, -0.2) is 34.9 Å². The number of rotatable bonds is 11. The van der Waals surface area contributed by atoms with Crippen molar-refractivity contribution in [2.45, 2.75) is 45.4 Å². The fourth-order valence-corrected chi connectivity index (χ4v) is 2.05. The molecular weight excluding hydrogens is 216 g/mol. The lowest BCUT2D eigenvalue weighted by Gasteiger charge is -2.25. The smallest absolute Gasteiger partial charge is 0.145 e. The van der Waals surface area contributed by atoms with E-state index in [2.05, 4.69) is 13.5 Å². The maximum Gasteiger partial charge on any atom is 0.145 e. The first-order valence-corrected chi connectivity index (χ1v) is 6.69. The molecule has 0 saturated carbocycles. The average molecular weight is 245 g/mol. The van der Waals surface area contributed by atoms with Gasteiger partial charge in [-0.25, -0.2) is 0 Å². The van der Waals surface area contributed by atoms with Crippen LogP contribution in [0, 0.1) is 5.92 Å². The van der Waals surface area contributed by atoms with Crippen molar-refractivity contribution in [3.05, 3.63) is 12.7 Å². The van der Waals surface area contributed by atoms with E-state index in [0.717, 1.165) is 19.3 Å². The van der Waals surface area contributed by atoms with E-state index in [-0.39, 0.29) is 0 Å². The fourth-order valence-electron chi connectivity index (χ4n) is 2.05.